The van der Waals surface area contributed by atoms with Gasteiger partial charge in [0.2, 0.25) is 0 Å². The van der Waals surface area contributed by atoms with Crippen LogP contribution in [0.25, 0.3) is 11.1 Å². The molecular weight excluding hydrogens is 219 g/mol. The molecule has 0 saturated carbocycles. The van der Waals surface area contributed by atoms with E-state index >= 15 is 0 Å². The molecule has 1 aromatic carbocycles. The van der Waals surface area contributed by atoms with Crippen molar-refractivity contribution >= 4 is 23.2 Å². The summed E-state index contributed by atoms with van der Waals surface area (Å²) in [5.41, 5.74) is 1.71. The van der Waals surface area contributed by atoms with Crippen LogP contribution in [0.3, 0.4) is 0 Å². The number of rotatable bonds is 1. The van der Waals surface area contributed by atoms with Gasteiger partial charge in [0.15, 0.2) is 0 Å². The first-order valence-electron chi connectivity index (χ1n) is 3.99. The predicted molar refractivity (Wildman–Crippen MR) is 57.5 cm³/mol. The first-order chi connectivity index (χ1) is 6.77. The average Bonchev–Trinajstić information content (AvgIpc) is 2.18. The lowest BCUT2D eigenvalue weighted by atomic mass is 10.1. The zero-order valence-corrected chi connectivity index (χ0v) is 8.63. The number of halogens is 2. The fourth-order valence-electron chi connectivity index (χ4n) is 1.16. The fourth-order valence-corrected chi connectivity index (χ4v) is 1.56. The van der Waals surface area contributed by atoms with Crippen LogP contribution in [0, 0.1) is 0 Å². The molecule has 1 heterocycles. The van der Waals surface area contributed by atoms with Gasteiger partial charge in [-0.1, -0.05) is 35.3 Å². The quantitative estimate of drug-likeness (QED) is 0.694. The Hall–Kier alpha value is -1.12. The van der Waals surface area contributed by atoms with Gasteiger partial charge in [-0.2, -0.15) is 0 Å². The molecule has 0 atom stereocenters. The van der Waals surface area contributed by atoms with Gasteiger partial charge in [0.25, 0.3) is 0 Å². The third kappa shape index (κ3) is 1.86. The molecule has 0 saturated heterocycles. The molecule has 4 heteroatoms. The number of benzene rings is 1. The number of hydrogen-bond donors (Lipinski definition) is 0. The van der Waals surface area contributed by atoms with Gasteiger partial charge in [-0.25, -0.2) is 9.97 Å². The zero-order chi connectivity index (χ0) is 9.97. The molecule has 0 aliphatic heterocycles. The van der Waals surface area contributed by atoms with Crippen molar-refractivity contribution < 1.29 is 0 Å². The molecule has 0 aliphatic rings. The SMILES string of the molecule is Clc1cccc(-c2cncnc2Cl)c1. The van der Waals surface area contributed by atoms with Gasteiger partial charge < -0.3 is 0 Å². The highest BCUT2D eigenvalue weighted by molar-refractivity contribution is 6.32. The number of aromatic nitrogens is 2. The smallest absolute Gasteiger partial charge is 0.140 e. The first kappa shape index (κ1) is 9.44. The lowest BCUT2D eigenvalue weighted by Crippen LogP contribution is -1.84. The predicted octanol–water partition coefficient (Wildman–Crippen LogP) is 3.45. The minimum atomic E-state index is 0.433. The maximum Gasteiger partial charge on any atom is 0.140 e. The van der Waals surface area contributed by atoms with E-state index in [1.807, 2.05) is 24.3 Å². The van der Waals surface area contributed by atoms with E-state index in [1.54, 1.807) is 6.20 Å². The van der Waals surface area contributed by atoms with Crippen LogP contribution in [0.4, 0.5) is 0 Å². The Morgan fingerprint density at radius 2 is 2.00 bits per heavy atom. The standard InChI is InChI=1S/C10H6Cl2N2/c11-8-3-1-2-7(4-8)9-5-13-6-14-10(9)12/h1-6H. The monoisotopic (exact) mass is 224 g/mol. The van der Waals surface area contributed by atoms with E-state index in [2.05, 4.69) is 9.97 Å². The van der Waals surface area contributed by atoms with Crippen molar-refractivity contribution in [3.8, 4) is 11.1 Å². The van der Waals surface area contributed by atoms with Crippen molar-refractivity contribution in [3.05, 3.63) is 47.0 Å². The Morgan fingerprint density at radius 1 is 1.14 bits per heavy atom. The van der Waals surface area contributed by atoms with Gasteiger partial charge in [-0.3, -0.25) is 0 Å². The van der Waals surface area contributed by atoms with E-state index in [0.29, 0.717) is 10.2 Å². The van der Waals surface area contributed by atoms with Crippen LogP contribution < -0.4 is 0 Å². The van der Waals surface area contributed by atoms with Crippen molar-refractivity contribution in [2.24, 2.45) is 0 Å². The molecule has 70 valence electrons. The van der Waals surface area contributed by atoms with Crippen LogP contribution in [0.1, 0.15) is 0 Å². The number of nitrogens with zero attached hydrogens (tertiary/aromatic N) is 2. The summed E-state index contributed by atoms with van der Waals surface area (Å²) in [6.45, 7) is 0. The molecule has 14 heavy (non-hydrogen) atoms. The normalized spacial score (nSPS) is 10.1. The summed E-state index contributed by atoms with van der Waals surface area (Å²) in [4.78, 5) is 7.81. The van der Waals surface area contributed by atoms with E-state index in [9.17, 15) is 0 Å². The van der Waals surface area contributed by atoms with Crippen LogP contribution >= 0.6 is 23.2 Å². The number of hydrogen-bond acceptors (Lipinski definition) is 2. The molecule has 0 unspecified atom stereocenters. The highest BCUT2D eigenvalue weighted by Gasteiger charge is 2.03. The summed E-state index contributed by atoms with van der Waals surface area (Å²) in [7, 11) is 0. The lowest BCUT2D eigenvalue weighted by molar-refractivity contribution is 1.17. The second-order valence-corrected chi connectivity index (χ2v) is 3.53. The highest BCUT2D eigenvalue weighted by Crippen LogP contribution is 2.26. The molecule has 0 fully saturated rings. The van der Waals surface area contributed by atoms with E-state index in [0.717, 1.165) is 11.1 Å². The first-order valence-corrected chi connectivity index (χ1v) is 4.74. The summed E-state index contributed by atoms with van der Waals surface area (Å²) in [5.74, 6) is 0. The summed E-state index contributed by atoms with van der Waals surface area (Å²) < 4.78 is 0. The second kappa shape index (κ2) is 3.95. The van der Waals surface area contributed by atoms with Crippen molar-refractivity contribution in [2.75, 3.05) is 0 Å². The Morgan fingerprint density at radius 3 is 2.71 bits per heavy atom. The van der Waals surface area contributed by atoms with E-state index in [1.165, 1.54) is 6.33 Å². The fraction of sp³-hybridized carbons (Fsp3) is 0. The molecule has 2 nitrogen and oxygen atoms in total. The molecule has 2 rings (SSSR count). The third-order valence-electron chi connectivity index (χ3n) is 1.80. The van der Waals surface area contributed by atoms with Crippen LogP contribution in [0.5, 0.6) is 0 Å². The molecule has 0 aliphatic carbocycles. The molecule has 0 N–H and O–H groups in total. The van der Waals surface area contributed by atoms with Gasteiger partial charge in [-0.05, 0) is 17.7 Å². The molecule has 0 amide bonds. The van der Waals surface area contributed by atoms with Gasteiger partial charge in [-0.15, -0.1) is 0 Å². The Labute approximate surface area is 91.5 Å². The second-order valence-electron chi connectivity index (χ2n) is 2.74. The van der Waals surface area contributed by atoms with Gasteiger partial charge in [0, 0.05) is 16.8 Å². The Kier molecular flexibility index (Phi) is 2.66. The third-order valence-corrected chi connectivity index (χ3v) is 2.34. The summed E-state index contributed by atoms with van der Waals surface area (Å²) in [6.07, 6.45) is 3.08. The minimum absolute atomic E-state index is 0.433. The minimum Gasteiger partial charge on any atom is -0.244 e. The topological polar surface area (TPSA) is 25.8 Å². The van der Waals surface area contributed by atoms with Gasteiger partial charge >= 0.3 is 0 Å². The van der Waals surface area contributed by atoms with E-state index in [4.69, 9.17) is 23.2 Å². The molecule has 1 aromatic heterocycles. The maximum absolute atomic E-state index is 5.92. The molecule has 0 spiro atoms. The van der Waals surface area contributed by atoms with E-state index in [-0.39, 0.29) is 0 Å². The average molecular weight is 225 g/mol. The molecule has 0 radical (unpaired) electrons. The zero-order valence-electron chi connectivity index (χ0n) is 7.11. The van der Waals surface area contributed by atoms with Gasteiger partial charge in [0.1, 0.15) is 11.5 Å². The van der Waals surface area contributed by atoms with Crippen molar-refractivity contribution in [1.29, 1.82) is 0 Å². The molecular formula is C10H6Cl2N2. The van der Waals surface area contributed by atoms with Crippen LogP contribution in [-0.2, 0) is 0 Å². The maximum atomic E-state index is 5.92. The van der Waals surface area contributed by atoms with Crippen LogP contribution in [-0.4, -0.2) is 9.97 Å². The summed E-state index contributed by atoms with van der Waals surface area (Å²) in [6, 6.07) is 7.41. The highest BCUT2D eigenvalue weighted by atomic mass is 35.5. The van der Waals surface area contributed by atoms with Crippen molar-refractivity contribution in [1.82, 2.24) is 9.97 Å². The van der Waals surface area contributed by atoms with Crippen molar-refractivity contribution in [2.45, 2.75) is 0 Å². The lowest BCUT2D eigenvalue weighted by Gasteiger charge is -2.02. The van der Waals surface area contributed by atoms with Gasteiger partial charge in [0.05, 0.1) is 0 Å². The molecule has 2 aromatic rings. The van der Waals surface area contributed by atoms with E-state index < -0.39 is 0 Å². The van der Waals surface area contributed by atoms with Crippen molar-refractivity contribution in [3.63, 3.8) is 0 Å². The summed E-state index contributed by atoms with van der Waals surface area (Å²) >= 11 is 11.8. The van der Waals surface area contributed by atoms with Crippen LogP contribution in [0.2, 0.25) is 10.2 Å². The van der Waals surface area contributed by atoms with Crippen LogP contribution in [0.15, 0.2) is 36.8 Å². The Bertz CT molecular complexity index is 457. The largest absolute Gasteiger partial charge is 0.244 e. The molecule has 0 bridgehead atoms. The Balaban J connectivity index is 2.55. The summed E-state index contributed by atoms with van der Waals surface area (Å²) in [5, 5.41) is 1.10.